The molecule has 3 heterocycles. The first-order chi connectivity index (χ1) is 18.1. The monoisotopic (exact) mass is 498 g/mol. The zero-order chi connectivity index (χ0) is 25.6. The summed E-state index contributed by atoms with van der Waals surface area (Å²) in [5.74, 6) is 3.37. The Hall–Kier alpha value is -4.59. The van der Waals surface area contributed by atoms with Crippen molar-refractivity contribution in [2.75, 3.05) is 7.11 Å². The van der Waals surface area contributed by atoms with Crippen LogP contribution in [0.3, 0.4) is 0 Å². The van der Waals surface area contributed by atoms with E-state index in [1.165, 1.54) is 7.11 Å². The van der Waals surface area contributed by atoms with Crippen molar-refractivity contribution in [3.63, 3.8) is 0 Å². The van der Waals surface area contributed by atoms with Gasteiger partial charge in [-0.15, -0.1) is 0 Å². The summed E-state index contributed by atoms with van der Waals surface area (Å²) in [6.45, 7) is 2.12. The first-order valence-corrected chi connectivity index (χ1v) is 11.9. The standard InChI is InChI=1S/C29H26N2O6/c1-19-23(30-29(36-19)25-9-6-16-34-25)18-35-22-12-10-20(11-13-22)17-26-31-28(21-7-4-3-5-8-21)24(37-26)14-15-27(32)33-2/h3-13,16H,14-15,17-18H2,1-2H3. The van der Waals surface area contributed by atoms with Gasteiger partial charge in [-0.05, 0) is 36.8 Å². The fourth-order valence-corrected chi connectivity index (χ4v) is 3.88. The Morgan fingerprint density at radius 1 is 0.946 bits per heavy atom. The molecular weight excluding hydrogens is 472 g/mol. The second-order valence-corrected chi connectivity index (χ2v) is 8.43. The van der Waals surface area contributed by atoms with Crippen LogP contribution >= 0.6 is 0 Å². The Balaban J connectivity index is 1.25. The third kappa shape index (κ3) is 5.81. The van der Waals surface area contributed by atoms with Crippen LogP contribution in [0.15, 0.2) is 86.2 Å². The van der Waals surface area contributed by atoms with Gasteiger partial charge in [0, 0.05) is 18.4 Å². The molecule has 0 N–H and O–H groups in total. The van der Waals surface area contributed by atoms with Crippen LogP contribution in [0.5, 0.6) is 5.75 Å². The van der Waals surface area contributed by atoms with Crippen LogP contribution in [-0.4, -0.2) is 23.0 Å². The van der Waals surface area contributed by atoms with Gasteiger partial charge in [0.25, 0.3) is 5.89 Å². The average molecular weight is 499 g/mol. The third-order valence-corrected chi connectivity index (χ3v) is 5.85. The summed E-state index contributed by atoms with van der Waals surface area (Å²) < 4.78 is 27.8. The number of ether oxygens (including phenoxy) is 2. The quantitative estimate of drug-likeness (QED) is 0.211. The van der Waals surface area contributed by atoms with Crippen molar-refractivity contribution < 1.29 is 27.5 Å². The lowest BCUT2D eigenvalue weighted by atomic mass is 10.1. The minimum atomic E-state index is -0.287. The fourth-order valence-electron chi connectivity index (χ4n) is 3.88. The molecule has 0 amide bonds. The zero-order valence-corrected chi connectivity index (χ0v) is 20.6. The van der Waals surface area contributed by atoms with E-state index in [2.05, 4.69) is 4.98 Å². The molecule has 37 heavy (non-hydrogen) atoms. The second-order valence-electron chi connectivity index (χ2n) is 8.43. The lowest BCUT2D eigenvalue weighted by Crippen LogP contribution is -2.02. The van der Waals surface area contributed by atoms with Gasteiger partial charge in [0.2, 0.25) is 0 Å². The van der Waals surface area contributed by atoms with Crippen LogP contribution < -0.4 is 4.74 Å². The topological polar surface area (TPSA) is 101 Å². The molecule has 188 valence electrons. The van der Waals surface area contributed by atoms with Crippen LogP contribution in [0.1, 0.15) is 35.1 Å². The second kappa shape index (κ2) is 11.0. The Labute approximate surface area is 213 Å². The number of hydrogen-bond donors (Lipinski definition) is 0. The van der Waals surface area contributed by atoms with Crippen molar-refractivity contribution in [1.29, 1.82) is 0 Å². The molecule has 8 nitrogen and oxygen atoms in total. The number of benzene rings is 2. The van der Waals surface area contributed by atoms with E-state index in [0.717, 1.165) is 16.8 Å². The highest BCUT2D eigenvalue weighted by atomic mass is 16.5. The van der Waals surface area contributed by atoms with E-state index < -0.39 is 0 Å². The molecule has 0 radical (unpaired) electrons. The number of aryl methyl sites for hydroxylation is 2. The zero-order valence-electron chi connectivity index (χ0n) is 20.6. The summed E-state index contributed by atoms with van der Waals surface area (Å²) in [6, 6.07) is 21.1. The molecule has 5 rings (SSSR count). The van der Waals surface area contributed by atoms with Crippen LogP contribution in [0, 0.1) is 6.92 Å². The molecule has 5 aromatic rings. The Kier molecular flexibility index (Phi) is 7.16. The lowest BCUT2D eigenvalue weighted by Gasteiger charge is -2.05. The number of furan rings is 1. The average Bonchev–Trinajstić information content (AvgIpc) is 3.68. The SMILES string of the molecule is COC(=O)CCc1oc(Cc2ccc(OCc3nc(-c4ccco4)oc3C)cc2)nc1-c1ccccc1. The molecule has 0 fully saturated rings. The first kappa shape index (κ1) is 24.1. The smallest absolute Gasteiger partial charge is 0.305 e. The molecule has 0 aliphatic carbocycles. The minimum absolute atomic E-state index is 0.227. The minimum Gasteiger partial charge on any atom is -0.487 e. The van der Waals surface area contributed by atoms with E-state index in [0.29, 0.717) is 53.3 Å². The van der Waals surface area contributed by atoms with Crippen LogP contribution in [-0.2, 0) is 29.0 Å². The Morgan fingerprint density at radius 3 is 2.49 bits per heavy atom. The molecule has 3 aromatic heterocycles. The number of oxazole rings is 2. The summed E-state index contributed by atoms with van der Waals surface area (Å²) in [7, 11) is 1.38. The van der Waals surface area contributed by atoms with Gasteiger partial charge in [-0.1, -0.05) is 42.5 Å². The number of rotatable bonds is 10. The van der Waals surface area contributed by atoms with Crippen molar-refractivity contribution >= 4 is 5.97 Å². The van der Waals surface area contributed by atoms with Gasteiger partial charge >= 0.3 is 5.97 Å². The number of carbonyl (C=O) groups is 1. The highest BCUT2D eigenvalue weighted by Gasteiger charge is 2.17. The largest absolute Gasteiger partial charge is 0.487 e. The number of hydrogen-bond acceptors (Lipinski definition) is 8. The van der Waals surface area contributed by atoms with Crippen molar-refractivity contribution in [2.24, 2.45) is 0 Å². The molecule has 8 heteroatoms. The summed E-state index contributed by atoms with van der Waals surface area (Å²) in [5.41, 5.74) is 3.42. The van der Waals surface area contributed by atoms with Crippen LogP contribution in [0.4, 0.5) is 0 Å². The van der Waals surface area contributed by atoms with Crippen molar-refractivity contribution in [1.82, 2.24) is 9.97 Å². The molecule has 2 aromatic carbocycles. The summed E-state index contributed by atoms with van der Waals surface area (Å²) in [5, 5.41) is 0. The first-order valence-electron chi connectivity index (χ1n) is 11.9. The molecule has 0 aliphatic heterocycles. The highest BCUT2D eigenvalue weighted by molar-refractivity contribution is 5.70. The van der Waals surface area contributed by atoms with Crippen molar-refractivity contribution in [3.8, 4) is 28.7 Å². The predicted octanol–water partition coefficient (Wildman–Crippen LogP) is 6.17. The van der Waals surface area contributed by atoms with E-state index in [1.807, 2.05) is 61.5 Å². The number of carbonyl (C=O) groups excluding carboxylic acids is 1. The van der Waals surface area contributed by atoms with Crippen LogP contribution in [0.25, 0.3) is 22.9 Å². The summed E-state index contributed by atoms with van der Waals surface area (Å²) >= 11 is 0. The summed E-state index contributed by atoms with van der Waals surface area (Å²) in [6.07, 6.45) is 2.73. The lowest BCUT2D eigenvalue weighted by molar-refractivity contribution is -0.140. The molecular formula is C29H26N2O6. The van der Waals surface area contributed by atoms with Gasteiger partial charge in [0.1, 0.15) is 35.3 Å². The Morgan fingerprint density at radius 2 is 1.76 bits per heavy atom. The van der Waals surface area contributed by atoms with Gasteiger partial charge < -0.3 is 22.7 Å². The fraction of sp³-hybridized carbons (Fsp3) is 0.207. The van der Waals surface area contributed by atoms with E-state index >= 15 is 0 Å². The highest BCUT2D eigenvalue weighted by Crippen LogP contribution is 2.27. The maximum Gasteiger partial charge on any atom is 0.305 e. The molecule has 0 aliphatic rings. The van der Waals surface area contributed by atoms with E-state index in [4.69, 9.17) is 27.7 Å². The van der Waals surface area contributed by atoms with Gasteiger partial charge in [-0.3, -0.25) is 4.79 Å². The predicted molar refractivity (Wildman–Crippen MR) is 135 cm³/mol. The van der Waals surface area contributed by atoms with Gasteiger partial charge in [0.15, 0.2) is 11.7 Å². The van der Waals surface area contributed by atoms with Gasteiger partial charge in [0.05, 0.1) is 19.8 Å². The molecule has 0 unspecified atom stereocenters. The van der Waals surface area contributed by atoms with Gasteiger partial charge in [-0.25, -0.2) is 9.97 Å². The van der Waals surface area contributed by atoms with Crippen molar-refractivity contribution in [3.05, 3.63) is 102 Å². The van der Waals surface area contributed by atoms with Gasteiger partial charge in [-0.2, -0.15) is 0 Å². The molecule has 0 atom stereocenters. The van der Waals surface area contributed by atoms with Crippen molar-refractivity contribution in [2.45, 2.75) is 32.8 Å². The number of methoxy groups -OCH3 is 1. The van der Waals surface area contributed by atoms with E-state index in [-0.39, 0.29) is 19.0 Å². The third-order valence-electron chi connectivity index (χ3n) is 5.85. The normalized spacial score (nSPS) is 11.0. The maximum absolute atomic E-state index is 11.7. The Bertz CT molecular complexity index is 1450. The molecule has 0 spiro atoms. The van der Waals surface area contributed by atoms with E-state index in [1.54, 1.807) is 18.4 Å². The maximum atomic E-state index is 11.7. The van der Waals surface area contributed by atoms with E-state index in [9.17, 15) is 4.79 Å². The summed E-state index contributed by atoms with van der Waals surface area (Å²) in [4.78, 5) is 20.9. The number of aromatic nitrogens is 2. The number of nitrogens with zero attached hydrogens (tertiary/aromatic N) is 2. The molecule has 0 saturated carbocycles. The number of esters is 1. The van der Waals surface area contributed by atoms with Crippen LogP contribution in [0.2, 0.25) is 0 Å². The molecule has 0 bridgehead atoms. The molecule has 0 saturated heterocycles.